The molecule has 186 valence electrons. The van der Waals surface area contributed by atoms with E-state index in [1.54, 1.807) is 23.1 Å². The summed E-state index contributed by atoms with van der Waals surface area (Å²) in [6, 6.07) is 19.3. The van der Waals surface area contributed by atoms with Gasteiger partial charge in [0, 0.05) is 61.3 Å². The summed E-state index contributed by atoms with van der Waals surface area (Å²) < 4.78 is 52.9. The molecule has 1 saturated heterocycles. The Labute approximate surface area is 206 Å². The topological polar surface area (TPSA) is 39.3 Å². The molecule has 4 aromatic rings. The molecular formula is C28H25F4N3O. The molecule has 4 nitrogen and oxygen atoms in total. The van der Waals surface area contributed by atoms with Crippen molar-refractivity contribution in [3.8, 4) is 0 Å². The first-order chi connectivity index (χ1) is 17.3. The van der Waals surface area contributed by atoms with E-state index < -0.39 is 11.7 Å². The summed E-state index contributed by atoms with van der Waals surface area (Å²) in [5.41, 5.74) is 2.59. The quantitative estimate of drug-likeness (QED) is 0.335. The number of nitrogens with one attached hydrogen (secondary N) is 1. The Hall–Kier alpha value is -3.81. The number of amides is 1. The molecule has 0 radical (unpaired) electrons. The highest BCUT2D eigenvalue weighted by atomic mass is 19.4. The second kappa shape index (κ2) is 9.68. The normalized spacial score (nSPS) is 15.3. The zero-order valence-corrected chi connectivity index (χ0v) is 19.4. The first-order valence-corrected chi connectivity index (χ1v) is 11.8. The number of fused-ring (bicyclic) bond motifs is 1. The van der Waals surface area contributed by atoms with Crippen LogP contribution < -0.4 is 4.90 Å². The van der Waals surface area contributed by atoms with E-state index in [0.29, 0.717) is 31.9 Å². The Morgan fingerprint density at radius 2 is 1.64 bits per heavy atom. The Kier molecular flexibility index (Phi) is 6.43. The van der Waals surface area contributed by atoms with Crippen LogP contribution in [0.15, 0.2) is 79.0 Å². The van der Waals surface area contributed by atoms with Crippen LogP contribution in [0.2, 0.25) is 0 Å². The molecule has 0 aliphatic carbocycles. The molecule has 1 aliphatic heterocycles. The molecule has 36 heavy (non-hydrogen) atoms. The molecule has 8 heteroatoms. The summed E-state index contributed by atoms with van der Waals surface area (Å²) in [6.45, 7) is 1.72. The van der Waals surface area contributed by atoms with Gasteiger partial charge in [0.05, 0.1) is 5.56 Å². The maximum atomic E-state index is 13.6. The molecule has 1 N–H and O–H groups in total. The number of rotatable bonds is 5. The molecule has 1 amide bonds. The summed E-state index contributed by atoms with van der Waals surface area (Å²) >= 11 is 0. The van der Waals surface area contributed by atoms with E-state index in [2.05, 4.69) is 4.98 Å². The third kappa shape index (κ3) is 4.94. The lowest BCUT2D eigenvalue weighted by Gasteiger charge is -2.37. The number of anilines is 1. The van der Waals surface area contributed by atoms with Crippen molar-refractivity contribution < 1.29 is 22.4 Å². The summed E-state index contributed by atoms with van der Waals surface area (Å²) in [7, 11) is 0. The monoisotopic (exact) mass is 495 g/mol. The Morgan fingerprint density at radius 3 is 2.36 bits per heavy atom. The van der Waals surface area contributed by atoms with E-state index in [1.165, 1.54) is 18.2 Å². The number of H-pyrrole nitrogens is 1. The molecule has 0 spiro atoms. The van der Waals surface area contributed by atoms with Crippen LogP contribution in [-0.4, -0.2) is 42.0 Å². The number of piperazine rings is 1. The van der Waals surface area contributed by atoms with Gasteiger partial charge in [-0.15, -0.1) is 0 Å². The highest BCUT2D eigenvalue weighted by molar-refractivity contribution is 5.86. The predicted molar refractivity (Wildman–Crippen MR) is 131 cm³/mol. The number of halogens is 4. The number of aromatic amines is 1. The molecule has 1 aliphatic rings. The zero-order valence-electron chi connectivity index (χ0n) is 19.4. The third-order valence-electron chi connectivity index (χ3n) is 6.82. The third-order valence-corrected chi connectivity index (χ3v) is 6.82. The molecule has 1 atom stereocenters. The number of para-hydroxylation sites is 1. The van der Waals surface area contributed by atoms with Crippen LogP contribution in [0.5, 0.6) is 0 Å². The van der Waals surface area contributed by atoms with Crippen LogP contribution in [0, 0.1) is 5.82 Å². The van der Waals surface area contributed by atoms with Crippen molar-refractivity contribution in [2.45, 2.75) is 18.5 Å². The Bertz CT molecular complexity index is 1360. The zero-order chi connectivity index (χ0) is 25.3. The second-order valence-electron chi connectivity index (χ2n) is 9.01. The fourth-order valence-electron chi connectivity index (χ4n) is 4.88. The van der Waals surface area contributed by atoms with E-state index in [4.69, 9.17) is 0 Å². The lowest BCUT2D eigenvalue weighted by Crippen LogP contribution is -2.49. The highest BCUT2D eigenvalue weighted by Crippen LogP contribution is 2.35. The van der Waals surface area contributed by atoms with Gasteiger partial charge >= 0.3 is 6.18 Å². The van der Waals surface area contributed by atoms with Gasteiger partial charge in [0.2, 0.25) is 5.91 Å². The van der Waals surface area contributed by atoms with Gasteiger partial charge in [-0.2, -0.15) is 13.2 Å². The van der Waals surface area contributed by atoms with Crippen molar-refractivity contribution in [3.63, 3.8) is 0 Å². The van der Waals surface area contributed by atoms with Crippen LogP contribution in [0.25, 0.3) is 10.9 Å². The van der Waals surface area contributed by atoms with Gasteiger partial charge < -0.3 is 14.8 Å². The second-order valence-corrected chi connectivity index (χ2v) is 9.01. The van der Waals surface area contributed by atoms with E-state index in [0.717, 1.165) is 34.2 Å². The molecular weight excluding hydrogens is 470 g/mol. The Balaban J connectivity index is 1.32. The van der Waals surface area contributed by atoms with Crippen molar-refractivity contribution in [1.29, 1.82) is 0 Å². The van der Waals surface area contributed by atoms with Crippen molar-refractivity contribution >= 4 is 22.5 Å². The van der Waals surface area contributed by atoms with Gasteiger partial charge in [0.1, 0.15) is 5.82 Å². The molecule has 0 saturated carbocycles. The standard InChI is InChI=1S/C28H25F4N3O/c29-21-10-8-19(9-11-21)24(25-18-33-26-7-2-1-6-23(25)26)17-27(36)35-14-12-34(13-15-35)22-5-3-4-20(16-22)28(30,31)32/h1-11,16,18,24,33H,12-15,17H2/t24-/m0/s1. The number of benzene rings is 3. The maximum Gasteiger partial charge on any atom is 0.416 e. The lowest BCUT2D eigenvalue weighted by molar-refractivity contribution is -0.137. The number of hydrogen-bond acceptors (Lipinski definition) is 2. The number of alkyl halides is 3. The summed E-state index contributed by atoms with van der Waals surface area (Å²) in [5, 5.41) is 1.01. The number of aromatic nitrogens is 1. The molecule has 1 fully saturated rings. The minimum absolute atomic E-state index is 0.0432. The van der Waals surface area contributed by atoms with Gasteiger partial charge in [0.15, 0.2) is 0 Å². The molecule has 0 bridgehead atoms. The molecule has 0 unspecified atom stereocenters. The van der Waals surface area contributed by atoms with E-state index >= 15 is 0 Å². The van der Waals surface area contributed by atoms with Crippen LogP contribution in [0.3, 0.4) is 0 Å². The van der Waals surface area contributed by atoms with Crippen LogP contribution in [-0.2, 0) is 11.0 Å². The van der Waals surface area contributed by atoms with Crippen molar-refractivity contribution in [2.75, 3.05) is 31.1 Å². The minimum Gasteiger partial charge on any atom is -0.368 e. The van der Waals surface area contributed by atoms with Gasteiger partial charge in [-0.05, 0) is 47.5 Å². The summed E-state index contributed by atoms with van der Waals surface area (Å²) in [6.07, 6.45) is -2.29. The van der Waals surface area contributed by atoms with Gasteiger partial charge in [0.25, 0.3) is 0 Å². The average molecular weight is 496 g/mol. The smallest absolute Gasteiger partial charge is 0.368 e. The molecule has 5 rings (SSSR count). The van der Waals surface area contributed by atoms with Crippen LogP contribution in [0.4, 0.5) is 23.2 Å². The highest BCUT2D eigenvalue weighted by Gasteiger charge is 2.32. The largest absolute Gasteiger partial charge is 0.416 e. The lowest BCUT2D eigenvalue weighted by atomic mass is 9.87. The fourth-order valence-corrected chi connectivity index (χ4v) is 4.88. The number of hydrogen-bond donors (Lipinski definition) is 1. The number of carbonyl (C=O) groups excluding carboxylic acids is 1. The van der Waals surface area contributed by atoms with E-state index in [-0.39, 0.29) is 24.1 Å². The van der Waals surface area contributed by atoms with Crippen molar-refractivity contribution in [1.82, 2.24) is 9.88 Å². The van der Waals surface area contributed by atoms with Crippen molar-refractivity contribution in [3.05, 3.63) is 102 Å². The number of nitrogens with zero attached hydrogens (tertiary/aromatic N) is 2. The van der Waals surface area contributed by atoms with Crippen LogP contribution in [0.1, 0.15) is 29.0 Å². The first kappa shape index (κ1) is 23.9. The van der Waals surface area contributed by atoms with Gasteiger partial charge in [-0.1, -0.05) is 36.4 Å². The SMILES string of the molecule is O=C(C[C@@H](c1ccc(F)cc1)c1c[nH]c2ccccc12)N1CCN(c2cccc(C(F)(F)F)c2)CC1. The van der Waals surface area contributed by atoms with E-state index in [9.17, 15) is 22.4 Å². The first-order valence-electron chi connectivity index (χ1n) is 11.8. The van der Waals surface area contributed by atoms with Crippen molar-refractivity contribution in [2.24, 2.45) is 0 Å². The predicted octanol–water partition coefficient (Wildman–Crippen LogP) is 6.20. The molecule has 2 heterocycles. The van der Waals surface area contributed by atoms with Gasteiger partial charge in [-0.25, -0.2) is 4.39 Å². The average Bonchev–Trinajstić information content (AvgIpc) is 3.31. The Morgan fingerprint density at radius 1 is 0.917 bits per heavy atom. The minimum atomic E-state index is -4.40. The number of carbonyl (C=O) groups is 1. The molecule has 3 aromatic carbocycles. The van der Waals surface area contributed by atoms with Crippen LogP contribution >= 0.6 is 0 Å². The van der Waals surface area contributed by atoms with E-state index in [1.807, 2.05) is 35.4 Å². The van der Waals surface area contributed by atoms with Gasteiger partial charge in [-0.3, -0.25) is 4.79 Å². The fraction of sp³-hybridized carbons (Fsp3) is 0.250. The maximum absolute atomic E-state index is 13.6. The summed E-state index contributed by atoms with van der Waals surface area (Å²) in [4.78, 5) is 20.3. The molecule has 1 aromatic heterocycles. The summed E-state index contributed by atoms with van der Waals surface area (Å²) in [5.74, 6) is -0.650.